The molecule has 0 saturated heterocycles. The molecule has 0 heterocycles. The first-order chi connectivity index (χ1) is 8.97. The van der Waals surface area contributed by atoms with Gasteiger partial charge < -0.3 is 20.7 Å². The van der Waals surface area contributed by atoms with Crippen molar-refractivity contribution in [1.29, 1.82) is 0 Å². The second kappa shape index (κ2) is 15.3. The van der Waals surface area contributed by atoms with Crippen LogP contribution in [0.25, 0.3) is 0 Å². The van der Waals surface area contributed by atoms with E-state index in [2.05, 4.69) is 18.9 Å². The maximum atomic E-state index is 8.67. The van der Waals surface area contributed by atoms with E-state index in [1.807, 2.05) is 0 Å². The fourth-order valence-electron chi connectivity index (χ4n) is 1.76. The molecule has 0 rings (SSSR count). The van der Waals surface area contributed by atoms with E-state index in [0.29, 0.717) is 6.32 Å². The van der Waals surface area contributed by atoms with Crippen molar-refractivity contribution in [1.82, 2.24) is 4.90 Å². The van der Waals surface area contributed by atoms with E-state index in [4.69, 9.17) is 25.4 Å². The van der Waals surface area contributed by atoms with Gasteiger partial charge in [-0.1, -0.05) is 19.8 Å². The Morgan fingerprint density at radius 2 is 1.79 bits per heavy atom. The SMILES string of the molecule is CCCN(C)CC[C@H](N)CCCCB(O)O.O=C=O. The van der Waals surface area contributed by atoms with Crippen molar-refractivity contribution in [2.75, 3.05) is 20.1 Å². The number of carbonyl (C=O) groups excluding carboxylic acids is 2. The molecule has 6 nitrogen and oxygen atoms in total. The third kappa shape index (κ3) is 19.8. The van der Waals surface area contributed by atoms with Gasteiger partial charge in [0.25, 0.3) is 0 Å². The van der Waals surface area contributed by atoms with E-state index in [9.17, 15) is 0 Å². The summed E-state index contributed by atoms with van der Waals surface area (Å²) < 4.78 is 0. The molecule has 4 N–H and O–H groups in total. The van der Waals surface area contributed by atoms with Crippen LogP contribution >= 0.6 is 0 Å². The van der Waals surface area contributed by atoms with E-state index in [1.165, 1.54) is 6.42 Å². The van der Waals surface area contributed by atoms with Gasteiger partial charge in [-0.2, -0.15) is 9.59 Å². The number of nitrogens with zero attached hydrogens (tertiary/aromatic N) is 1. The van der Waals surface area contributed by atoms with Gasteiger partial charge in [0.2, 0.25) is 0 Å². The molecule has 0 saturated carbocycles. The Bertz CT molecular complexity index is 224. The predicted octanol–water partition coefficient (Wildman–Crippen LogP) is 0.105. The molecule has 0 aromatic rings. The molecular weight excluding hydrogens is 247 g/mol. The fourth-order valence-corrected chi connectivity index (χ4v) is 1.76. The van der Waals surface area contributed by atoms with E-state index in [1.54, 1.807) is 0 Å². The standard InChI is InChI=1S/C11H27BN2O2.CO2/c1-3-9-14(2)10-7-11(13)6-4-5-8-12(15)16;2-1-3/h11,15-16H,3-10,13H2,1-2H3;/t11-;/m1./s1. The molecule has 0 aromatic carbocycles. The van der Waals surface area contributed by atoms with Crippen molar-refractivity contribution in [2.24, 2.45) is 5.73 Å². The van der Waals surface area contributed by atoms with Crippen LogP contribution in [0.5, 0.6) is 0 Å². The van der Waals surface area contributed by atoms with Crippen LogP contribution in [-0.2, 0) is 9.59 Å². The Balaban J connectivity index is 0. The van der Waals surface area contributed by atoms with Crippen LogP contribution in [0.2, 0.25) is 6.32 Å². The van der Waals surface area contributed by atoms with Gasteiger partial charge in [-0.15, -0.1) is 0 Å². The molecule has 112 valence electrons. The van der Waals surface area contributed by atoms with Gasteiger partial charge in [0, 0.05) is 6.04 Å². The van der Waals surface area contributed by atoms with Crippen LogP contribution < -0.4 is 5.73 Å². The Kier molecular flexibility index (Phi) is 16.6. The zero-order valence-electron chi connectivity index (χ0n) is 12.0. The van der Waals surface area contributed by atoms with E-state index < -0.39 is 7.12 Å². The van der Waals surface area contributed by atoms with Gasteiger partial charge in [-0.25, -0.2) is 0 Å². The highest BCUT2D eigenvalue weighted by atomic mass is 16.4. The molecule has 0 aliphatic rings. The van der Waals surface area contributed by atoms with Crippen LogP contribution in [0.1, 0.15) is 39.0 Å². The van der Waals surface area contributed by atoms with Crippen molar-refractivity contribution >= 4 is 13.3 Å². The Hall–Kier alpha value is -0.715. The van der Waals surface area contributed by atoms with E-state index >= 15 is 0 Å². The van der Waals surface area contributed by atoms with Gasteiger partial charge in [-0.3, -0.25) is 0 Å². The zero-order valence-corrected chi connectivity index (χ0v) is 12.0. The monoisotopic (exact) mass is 274 g/mol. The molecular formula is C12H27BN2O4. The van der Waals surface area contributed by atoms with Crippen molar-refractivity contribution in [3.05, 3.63) is 0 Å². The lowest BCUT2D eigenvalue weighted by Gasteiger charge is -2.18. The minimum Gasteiger partial charge on any atom is -0.427 e. The largest absolute Gasteiger partial charge is 0.451 e. The minimum atomic E-state index is -1.16. The van der Waals surface area contributed by atoms with E-state index in [-0.39, 0.29) is 12.2 Å². The highest BCUT2D eigenvalue weighted by Gasteiger charge is 2.08. The van der Waals surface area contributed by atoms with Gasteiger partial charge in [-0.05, 0) is 45.7 Å². The molecule has 0 aliphatic heterocycles. The lowest BCUT2D eigenvalue weighted by molar-refractivity contribution is -0.191. The maximum Gasteiger partial charge on any atom is 0.451 e. The summed E-state index contributed by atoms with van der Waals surface area (Å²) in [6.07, 6.45) is 5.72. The van der Waals surface area contributed by atoms with Crippen LogP contribution in [0.3, 0.4) is 0 Å². The summed E-state index contributed by atoms with van der Waals surface area (Å²) in [4.78, 5) is 18.6. The summed E-state index contributed by atoms with van der Waals surface area (Å²) in [6, 6.07) is 0.246. The van der Waals surface area contributed by atoms with Gasteiger partial charge >= 0.3 is 13.3 Å². The second-order valence-electron chi connectivity index (χ2n) is 4.70. The second-order valence-corrected chi connectivity index (χ2v) is 4.70. The fraction of sp³-hybridized carbons (Fsp3) is 0.917. The zero-order chi connectivity index (χ0) is 15.1. The highest BCUT2D eigenvalue weighted by Crippen LogP contribution is 2.06. The molecule has 0 aliphatic carbocycles. The van der Waals surface area contributed by atoms with Gasteiger partial charge in [0.15, 0.2) is 0 Å². The predicted molar refractivity (Wildman–Crippen MR) is 74.2 cm³/mol. The average Bonchev–Trinajstić information content (AvgIpc) is 2.33. The quantitative estimate of drug-likeness (QED) is 0.386. The number of unbranched alkanes of at least 4 members (excludes halogenated alkanes) is 1. The molecule has 0 unspecified atom stereocenters. The van der Waals surface area contributed by atoms with Crippen LogP contribution in [0.4, 0.5) is 0 Å². The molecule has 0 fully saturated rings. The number of hydrogen-bond donors (Lipinski definition) is 3. The maximum absolute atomic E-state index is 8.67. The lowest BCUT2D eigenvalue weighted by Crippen LogP contribution is -2.28. The first kappa shape index (κ1) is 20.6. The summed E-state index contributed by atoms with van der Waals surface area (Å²) in [7, 11) is 0.963. The first-order valence-electron chi connectivity index (χ1n) is 6.77. The normalized spacial score (nSPS) is 11.5. The van der Waals surface area contributed by atoms with E-state index in [0.717, 1.165) is 38.8 Å². The summed E-state index contributed by atoms with van der Waals surface area (Å²) in [5.74, 6) is 0. The van der Waals surface area contributed by atoms with Crippen molar-refractivity contribution < 1.29 is 19.6 Å². The summed E-state index contributed by atoms with van der Waals surface area (Å²) in [6.45, 7) is 4.36. The number of hydrogen-bond acceptors (Lipinski definition) is 6. The molecule has 0 amide bonds. The van der Waals surface area contributed by atoms with Gasteiger partial charge in [0.05, 0.1) is 0 Å². The molecule has 0 aromatic heterocycles. The molecule has 0 bridgehead atoms. The Morgan fingerprint density at radius 3 is 2.26 bits per heavy atom. The van der Waals surface area contributed by atoms with Crippen molar-refractivity contribution in [3.63, 3.8) is 0 Å². The lowest BCUT2D eigenvalue weighted by atomic mass is 9.83. The van der Waals surface area contributed by atoms with Crippen LogP contribution in [0.15, 0.2) is 0 Å². The number of nitrogens with two attached hydrogens (primary N) is 1. The molecule has 7 heteroatoms. The van der Waals surface area contributed by atoms with Crippen LogP contribution in [0, 0.1) is 0 Å². The third-order valence-electron chi connectivity index (χ3n) is 2.77. The molecule has 1 atom stereocenters. The van der Waals surface area contributed by atoms with Gasteiger partial charge in [0.1, 0.15) is 0 Å². The first-order valence-corrected chi connectivity index (χ1v) is 6.77. The highest BCUT2D eigenvalue weighted by molar-refractivity contribution is 6.40. The summed E-state index contributed by atoms with van der Waals surface area (Å²) in [5.41, 5.74) is 5.98. The topological polar surface area (TPSA) is 104 Å². The Labute approximate surface area is 116 Å². The molecule has 19 heavy (non-hydrogen) atoms. The van der Waals surface area contributed by atoms with Crippen LogP contribution in [-0.4, -0.2) is 54.4 Å². The molecule has 0 spiro atoms. The minimum absolute atomic E-state index is 0.246. The summed E-state index contributed by atoms with van der Waals surface area (Å²) >= 11 is 0. The average molecular weight is 274 g/mol. The molecule has 0 radical (unpaired) electrons. The number of rotatable bonds is 10. The third-order valence-corrected chi connectivity index (χ3v) is 2.77. The van der Waals surface area contributed by atoms with Crippen molar-refractivity contribution in [2.45, 2.75) is 51.4 Å². The van der Waals surface area contributed by atoms with Crippen molar-refractivity contribution in [3.8, 4) is 0 Å². The Morgan fingerprint density at radius 1 is 1.21 bits per heavy atom. The smallest absolute Gasteiger partial charge is 0.427 e. The summed E-state index contributed by atoms with van der Waals surface area (Å²) in [5, 5.41) is 17.3.